The molecule has 0 radical (unpaired) electrons. The van der Waals surface area contributed by atoms with Gasteiger partial charge in [0.25, 0.3) is 0 Å². The van der Waals surface area contributed by atoms with E-state index in [2.05, 4.69) is 31.9 Å². The molecule has 7 atom stereocenters. The quantitative estimate of drug-likeness (QED) is 0.0632. The van der Waals surface area contributed by atoms with E-state index in [0.29, 0.717) is 48.4 Å². The number of fused-ring (bicyclic) bond motifs is 1. The number of amides is 7. The number of ether oxygens (including phenoxy) is 1. The minimum Gasteiger partial charge on any atom is -0.489 e. The largest absolute Gasteiger partial charge is 0.489 e. The average Bonchev–Trinajstić information content (AvgIpc) is 3.88. The second-order valence-corrected chi connectivity index (χ2v) is 19.3. The van der Waals surface area contributed by atoms with Crippen LogP contribution in [0, 0.1) is 5.92 Å². The maximum absolute atomic E-state index is 15.3. The van der Waals surface area contributed by atoms with Crippen molar-refractivity contribution in [2.24, 2.45) is 11.7 Å². The Kier molecular flexibility index (Phi) is 19.9. The number of hydrogen-bond acceptors (Lipinski definition) is 9. The average molecular weight is 1020 g/mol. The zero-order valence-electron chi connectivity index (χ0n) is 42.5. The molecule has 5 aromatic carbocycles. The van der Waals surface area contributed by atoms with Crippen molar-refractivity contribution in [3.8, 4) is 5.75 Å². The van der Waals surface area contributed by atoms with Crippen molar-refractivity contribution < 1.29 is 38.3 Å². The summed E-state index contributed by atoms with van der Waals surface area (Å²) in [7, 11) is 0. The van der Waals surface area contributed by atoms with E-state index in [9.17, 15) is 19.2 Å². The van der Waals surface area contributed by atoms with Crippen molar-refractivity contribution in [2.45, 2.75) is 108 Å². The van der Waals surface area contributed by atoms with Gasteiger partial charge in [-0.25, -0.2) is 0 Å². The first kappa shape index (κ1) is 54.7. The van der Waals surface area contributed by atoms with Gasteiger partial charge in [0.05, 0.1) is 5.92 Å². The lowest BCUT2D eigenvalue weighted by molar-refractivity contribution is -0.145. The molecule has 2 unspecified atom stereocenters. The summed E-state index contributed by atoms with van der Waals surface area (Å²) in [6, 6.07) is 35.4. The Morgan fingerprint density at radius 3 is 1.83 bits per heavy atom. The molecule has 7 amide bonds. The van der Waals surface area contributed by atoms with E-state index in [-0.39, 0.29) is 44.7 Å². The summed E-state index contributed by atoms with van der Waals surface area (Å²) in [6.45, 7) is 4.20. The minimum atomic E-state index is -1.43. The molecule has 75 heavy (non-hydrogen) atoms. The Morgan fingerprint density at radius 2 is 1.17 bits per heavy atom. The number of nitrogens with zero attached hydrogens (tertiary/aromatic N) is 1. The monoisotopic (exact) mass is 1020 g/mol. The minimum absolute atomic E-state index is 0.0137. The highest BCUT2D eigenvalue weighted by atomic mass is 16.5. The van der Waals surface area contributed by atoms with E-state index in [4.69, 9.17) is 10.5 Å². The summed E-state index contributed by atoms with van der Waals surface area (Å²) in [4.78, 5) is 105. The van der Waals surface area contributed by atoms with Gasteiger partial charge in [0.1, 0.15) is 48.6 Å². The number of hydrogen-bond donors (Lipinski definition) is 7. The van der Waals surface area contributed by atoms with Gasteiger partial charge in [-0.05, 0) is 92.4 Å². The molecule has 0 spiro atoms. The Labute approximate surface area is 438 Å². The van der Waals surface area contributed by atoms with Crippen LogP contribution in [0.25, 0.3) is 6.08 Å². The number of nitrogens with one attached hydrogen (secondary N) is 6. The number of benzene rings is 5. The van der Waals surface area contributed by atoms with Crippen LogP contribution in [0.5, 0.6) is 5.75 Å². The molecule has 7 rings (SSSR count). The van der Waals surface area contributed by atoms with Gasteiger partial charge in [-0.3, -0.25) is 33.6 Å². The highest BCUT2D eigenvalue weighted by Gasteiger charge is 2.48. The molecule has 8 N–H and O–H groups in total. The summed E-state index contributed by atoms with van der Waals surface area (Å²) in [5.74, 6) is -5.18. The highest BCUT2D eigenvalue weighted by Crippen LogP contribution is 2.28. The summed E-state index contributed by atoms with van der Waals surface area (Å²) in [5.41, 5.74) is 9.42. The van der Waals surface area contributed by atoms with Crippen molar-refractivity contribution in [2.75, 3.05) is 13.1 Å². The van der Waals surface area contributed by atoms with Crippen molar-refractivity contribution in [1.29, 1.82) is 0 Å². The molecule has 0 aromatic heterocycles. The van der Waals surface area contributed by atoms with Gasteiger partial charge < -0.3 is 47.3 Å². The van der Waals surface area contributed by atoms with E-state index >= 15 is 14.4 Å². The maximum Gasteiger partial charge on any atom is 0.247 e. The third kappa shape index (κ3) is 15.7. The summed E-state index contributed by atoms with van der Waals surface area (Å²) < 4.78 is 6.03. The molecular weight excluding hydrogens is 949 g/mol. The molecule has 2 saturated heterocycles. The number of carbonyl (C=O) groups excluding carboxylic acids is 7. The molecule has 2 heterocycles. The molecule has 0 saturated carbocycles. The van der Waals surface area contributed by atoms with Crippen LogP contribution >= 0.6 is 0 Å². The van der Waals surface area contributed by atoms with Gasteiger partial charge in [-0.2, -0.15) is 0 Å². The van der Waals surface area contributed by atoms with E-state index in [1.54, 1.807) is 105 Å². The van der Waals surface area contributed by atoms with Crippen LogP contribution in [-0.4, -0.2) is 95.6 Å². The normalized spacial score (nSPS) is 22.0. The summed E-state index contributed by atoms with van der Waals surface area (Å²) >= 11 is 0. The Morgan fingerprint density at radius 1 is 0.627 bits per heavy atom. The topological polar surface area (TPSA) is 230 Å². The number of rotatable bonds is 17. The van der Waals surface area contributed by atoms with Crippen molar-refractivity contribution in [1.82, 2.24) is 36.8 Å². The first-order chi connectivity index (χ1) is 36.4. The van der Waals surface area contributed by atoms with E-state index in [0.717, 1.165) is 11.1 Å². The molecule has 0 aliphatic carbocycles. The van der Waals surface area contributed by atoms with Crippen LogP contribution in [0.2, 0.25) is 0 Å². The molecular formula is C59H68N8O8. The third-order valence-electron chi connectivity index (χ3n) is 13.2. The maximum atomic E-state index is 15.3. The fourth-order valence-corrected chi connectivity index (χ4v) is 9.33. The first-order valence-corrected chi connectivity index (χ1v) is 25.8. The van der Waals surface area contributed by atoms with Crippen LogP contribution < -0.4 is 42.4 Å². The molecule has 0 bridgehead atoms. The summed E-state index contributed by atoms with van der Waals surface area (Å²) in [6.07, 6.45) is 4.65. The van der Waals surface area contributed by atoms with Gasteiger partial charge in [-0.15, -0.1) is 0 Å². The lowest BCUT2D eigenvalue weighted by Crippen LogP contribution is -2.61. The van der Waals surface area contributed by atoms with E-state index in [1.807, 2.05) is 66.7 Å². The van der Waals surface area contributed by atoms with E-state index < -0.39 is 83.5 Å². The second-order valence-electron chi connectivity index (χ2n) is 19.3. The SMILES string of the molecule is CC(C)NC(=O)C1CCN2C(=O)[C@H](Cc3ccccc3)NC(=O)[C@H](Cc3ccc(OCc4ccccc4)cc3)NC(=O)[C@H](CCCCN)NC(=O)[C@@H](C/C=C/c3ccccc3)NC(=O)C(c3ccccc3)NC(=O)[C@H]12. The fraction of sp³-hybridized carbons (Fsp3) is 0.339. The lowest BCUT2D eigenvalue weighted by Gasteiger charge is -2.33. The molecule has 16 heteroatoms. The zero-order valence-corrected chi connectivity index (χ0v) is 42.5. The molecule has 16 nitrogen and oxygen atoms in total. The van der Waals surface area contributed by atoms with Crippen LogP contribution in [0.1, 0.15) is 79.8 Å². The molecule has 2 fully saturated rings. The van der Waals surface area contributed by atoms with Crippen LogP contribution in [0.3, 0.4) is 0 Å². The predicted octanol–water partition coefficient (Wildman–Crippen LogP) is 4.84. The van der Waals surface area contributed by atoms with Gasteiger partial charge in [0.15, 0.2) is 0 Å². The number of nitrogens with two attached hydrogens (primary N) is 1. The lowest BCUT2D eigenvalue weighted by atomic mass is 9.96. The Hall–Kier alpha value is -8.11. The first-order valence-electron chi connectivity index (χ1n) is 25.8. The van der Waals surface area contributed by atoms with Gasteiger partial charge >= 0.3 is 0 Å². The van der Waals surface area contributed by atoms with E-state index in [1.165, 1.54) is 4.90 Å². The zero-order chi connectivity index (χ0) is 53.1. The third-order valence-corrected chi connectivity index (χ3v) is 13.2. The molecule has 2 aliphatic heterocycles. The van der Waals surface area contributed by atoms with Gasteiger partial charge in [0, 0.05) is 25.4 Å². The van der Waals surface area contributed by atoms with Crippen molar-refractivity contribution in [3.05, 3.63) is 179 Å². The number of carbonyl (C=O) groups is 7. The molecule has 5 aromatic rings. The van der Waals surface area contributed by atoms with Crippen molar-refractivity contribution >= 4 is 47.4 Å². The summed E-state index contributed by atoms with van der Waals surface area (Å²) in [5, 5.41) is 17.4. The van der Waals surface area contributed by atoms with Crippen molar-refractivity contribution in [3.63, 3.8) is 0 Å². The predicted molar refractivity (Wildman–Crippen MR) is 286 cm³/mol. The van der Waals surface area contributed by atoms with Crippen LogP contribution in [0.15, 0.2) is 152 Å². The standard InChI is InChI=1S/C59H68N8O8/c1-39(2)61-53(68)46-33-35-67-52(46)58(73)66-51(44-25-13-6-14-26-44)57(72)63-48(28-17-24-40-18-7-3-8-19-40)54(69)62-47(27-15-16-34-60)55(70)64-49(56(71)65-50(59(67)74)37-41-20-9-4-10-21-41)36-42-29-31-45(32-30-42)75-38-43-22-11-5-12-23-43/h3-14,17-26,29-32,39,46-52H,15-16,27-28,33-38,60H2,1-2H3,(H,61,68)(H,62,69)(H,63,72)(H,64,70)(H,65,71)(H,66,73)/b24-17+/t46?,47-,48+,49-,50-,51?,52-/m0/s1. The van der Waals surface area contributed by atoms with Gasteiger partial charge in [0.2, 0.25) is 41.4 Å². The fourth-order valence-electron chi connectivity index (χ4n) is 9.33. The van der Waals surface area contributed by atoms with Gasteiger partial charge in [-0.1, -0.05) is 146 Å². The molecule has 2 aliphatic rings. The van der Waals surface area contributed by atoms with Crippen LogP contribution in [0.4, 0.5) is 0 Å². The van der Waals surface area contributed by atoms with Crippen LogP contribution in [-0.2, 0) is 53.0 Å². The highest BCUT2D eigenvalue weighted by molar-refractivity contribution is 6.00. The number of unbranched alkanes of at least 4 members (excludes halogenated alkanes) is 1. The smallest absolute Gasteiger partial charge is 0.247 e. The molecule has 392 valence electrons. The second kappa shape index (κ2) is 27.3. The Bertz CT molecular complexity index is 2730. The Balaban J connectivity index is 1.30.